The standard InChI is InChI=1S/C13H23N3/c1-3-16-8-7-15-12(16)10-13(14)6-4-5-11(2)9-13/h7-8,11H,3-6,9-10,14H2,1-2H3. The fourth-order valence-corrected chi connectivity index (χ4v) is 2.97. The van der Waals surface area contributed by atoms with Crippen molar-refractivity contribution in [3.63, 3.8) is 0 Å². The summed E-state index contributed by atoms with van der Waals surface area (Å²) in [6.07, 6.45) is 9.75. The van der Waals surface area contributed by atoms with E-state index in [1.807, 2.05) is 12.4 Å². The summed E-state index contributed by atoms with van der Waals surface area (Å²) in [5, 5.41) is 0. The molecule has 1 aliphatic rings. The number of aromatic nitrogens is 2. The summed E-state index contributed by atoms with van der Waals surface area (Å²) in [6.45, 7) is 5.45. The van der Waals surface area contributed by atoms with Crippen LogP contribution in [0.5, 0.6) is 0 Å². The molecule has 0 aromatic carbocycles. The Morgan fingerprint density at radius 2 is 2.44 bits per heavy atom. The van der Waals surface area contributed by atoms with Gasteiger partial charge in [-0.15, -0.1) is 0 Å². The minimum atomic E-state index is -0.0179. The summed E-state index contributed by atoms with van der Waals surface area (Å²) in [6, 6.07) is 0. The molecule has 3 heteroatoms. The molecule has 90 valence electrons. The molecule has 16 heavy (non-hydrogen) atoms. The highest BCUT2D eigenvalue weighted by molar-refractivity contribution is 5.02. The highest BCUT2D eigenvalue weighted by Crippen LogP contribution is 2.32. The quantitative estimate of drug-likeness (QED) is 0.851. The zero-order valence-corrected chi connectivity index (χ0v) is 10.4. The van der Waals surface area contributed by atoms with Crippen LogP contribution in [0.2, 0.25) is 0 Å². The van der Waals surface area contributed by atoms with Crippen molar-refractivity contribution < 1.29 is 0 Å². The molecule has 1 aromatic rings. The van der Waals surface area contributed by atoms with Crippen LogP contribution in [0.15, 0.2) is 12.4 Å². The SMILES string of the molecule is CCn1ccnc1CC1(N)CCCC(C)C1. The summed E-state index contributed by atoms with van der Waals surface area (Å²) in [5.74, 6) is 1.92. The minimum Gasteiger partial charge on any atom is -0.335 e. The van der Waals surface area contributed by atoms with Crippen molar-refractivity contribution >= 4 is 0 Å². The molecule has 2 N–H and O–H groups in total. The van der Waals surface area contributed by atoms with Crippen molar-refractivity contribution in [1.82, 2.24) is 9.55 Å². The second-order valence-corrected chi connectivity index (χ2v) is 5.37. The van der Waals surface area contributed by atoms with E-state index in [-0.39, 0.29) is 5.54 Å². The van der Waals surface area contributed by atoms with E-state index in [2.05, 4.69) is 23.4 Å². The van der Waals surface area contributed by atoms with Crippen LogP contribution in [0.25, 0.3) is 0 Å². The first-order valence-electron chi connectivity index (χ1n) is 6.42. The number of aryl methyl sites for hydroxylation is 1. The smallest absolute Gasteiger partial charge is 0.110 e. The van der Waals surface area contributed by atoms with Gasteiger partial charge in [0.1, 0.15) is 5.82 Å². The van der Waals surface area contributed by atoms with Gasteiger partial charge in [-0.3, -0.25) is 0 Å². The molecule has 1 aromatic heterocycles. The zero-order chi connectivity index (χ0) is 11.6. The Labute approximate surface area is 98.1 Å². The van der Waals surface area contributed by atoms with E-state index in [1.54, 1.807) is 0 Å². The fraction of sp³-hybridized carbons (Fsp3) is 0.769. The number of hydrogen-bond acceptors (Lipinski definition) is 2. The normalized spacial score (nSPS) is 30.6. The van der Waals surface area contributed by atoms with Crippen molar-refractivity contribution in [3.8, 4) is 0 Å². The van der Waals surface area contributed by atoms with E-state index < -0.39 is 0 Å². The molecule has 0 saturated heterocycles. The topological polar surface area (TPSA) is 43.8 Å². The lowest BCUT2D eigenvalue weighted by Gasteiger charge is -2.36. The Morgan fingerprint density at radius 3 is 3.12 bits per heavy atom. The van der Waals surface area contributed by atoms with E-state index in [1.165, 1.54) is 12.8 Å². The number of imidazole rings is 1. The molecule has 2 unspecified atom stereocenters. The van der Waals surface area contributed by atoms with Crippen LogP contribution in [0, 0.1) is 5.92 Å². The van der Waals surface area contributed by atoms with Crippen molar-refractivity contribution in [2.45, 2.75) is 58.0 Å². The molecule has 2 rings (SSSR count). The molecule has 1 heterocycles. The molecular weight excluding hydrogens is 198 g/mol. The van der Waals surface area contributed by atoms with Crippen molar-refractivity contribution in [1.29, 1.82) is 0 Å². The van der Waals surface area contributed by atoms with E-state index >= 15 is 0 Å². The Morgan fingerprint density at radius 1 is 1.62 bits per heavy atom. The second kappa shape index (κ2) is 4.58. The molecule has 0 radical (unpaired) electrons. The van der Waals surface area contributed by atoms with Gasteiger partial charge in [0, 0.05) is 30.9 Å². The van der Waals surface area contributed by atoms with Gasteiger partial charge < -0.3 is 10.3 Å². The fourth-order valence-electron chi connectivity index (χ4n) is 2.97. The van der Waals surface area contributed by atoms with E-state index in [4.69, 9.17) is 5.73 Å². The molecule has 0 bridgehead atoms. The van der Waals surface area contributed by atoms with Gasteiger partial charge in [0.05, 0.1) is 0 Å². The lowest BCUT2D eigenvalue weighted by Crippen LogP contribution is -2.46. The van der Waals surface area contributed by atoms with Crippen LogP contribution in [0.1, 0.15) is 45.4 Å². The molecule has 0 aliphatic heterocycles. The number of nitrogens with zero attached hydrogens (tertiary/aromatic N) is 2. The maximum atomic E-state index is 6.51. The third kappa shape index (κ3) is 2.46. The average molecular weight is 221 g/mol. The van der Waals surface area contributed by atoms with Crippen LogP contribution < -0.4 is 5.73 Å². The third-order valence-electron chi connectivity index (χ3n) is 3.78. The number of nitrogens with two attached hydrogens (primary N) is 1. The van der Waals surface area contributed by atoms with E-state index in [0.717, 1.165) is 37.5 Å². The molecule has 1 fully saturated rings. The van der Waals surface area contributed by atoms with Crippen LogP contribution in [-0.2, 0) is 13.0 Å². The highest BCUT2D eigenvalue weighted by atomic mass is 15.1. The molecule has 3 nitrogen and oxygen atoms in total. The van der Waals surface area contributed by atoms with Gasteiger partial charge in [-0.05, 0) is 25.7 Å². The monoisotopic (exact) mass is 221 g/mol. The van der Waals surface area contributed by atoms with Crippen molar-refractivity contribution in [2.75, 3.05) is 0 Å². The van der Waals surface area contributed by atoms with Gasteiger partial charge in [-0.25, -0.2) is 4.98 Å². The van der Waals surface area contributed by atoms with Crippen molar-refractivity contribution in [3.05, 3.63) is 18.2 Å². The predicted molar refractivity (Wildman–Crippen MR) is 66.2 cm³/mol. The minimum absolute atomic E-state index is 0.0179. The summed E-state index contributed by atoms with van der Waals surface area (Å²) in [5.41, 5.74) is 6.49. The summed E-state index contributed by atoms with van der Waals surface area (Å²) >= 11 is 0. The summed E-state index contributed by atoms with van der Waals surface area (Å²) in [7, 11) is 0. The second-order valence-electron chi connectivity index (χ2n) is 5.37. The summed E-state index contributed by atoms with van der Waals surface area (Å²) in [4.78, 5) is 4.43. The van der Waals surface area contributed by atoms with Crippen LogP contribution in [-0.4, -0.2) is 15.1 Å². The first-order valence-corrected chi connectivity index (χ1v) is 6.42. The third-order valence-corrected chi connectivity index (χ3v) is 3.78. The lowest BCUT2D eigenvalue weighted by atomic mass is 9.75. The first kappa shape index (κ1) is 11.6. The van der Waals surface area contributed by atoms with E-state index in [0.29, 0.717) is 0 Å². The van der Waals surface area contributed by atoms with Gasteiger partial charge in [-0.2, -0.15) is 0 Å². The van der Waals surface area contributed by atoms with Crippen LogP contribution >= 0.6 is 0 Å². The lowest BCUT2D eigenvalue weighted by molar-refractivity contribution is 0.230. The predicted octanol–water partition coefficient (Wildman–Crippen LogP) is 2.35. The number of rotatable bonds is 3. The Bertz CT molecular complexity index is 345. The van der Waals surface area contributed by atoms with Crippen LogP contribution in [0.4, 0.5) is 0 Å². The molecular formula is C13H23N3. The van der Waals surface area contributed by atoms with Gasteiger partial charge in [-0.1, -0.05) is 19.8 Å². The first-order chi connectivity index (χ1) is 7.63. The molecule has 2 atom stereocenters. The van der Waals surface area contributed by atoms with Gasteiger partial charge in [0.25, 0.3) is 0 Å². The van der Waals surface area contributed by atoms with Gasteiger partial charge in [0.2, 0.25) is 0 Å². The zero-order valence-electron chi connectivity index (χ0n) is 10.4. The van der Waals surface area contributed by atoms with Gasteiger partial charge >= 0.3 is 0 Å². The maximum Gasteiger partial charge on any atom is 0.110 e. The molecule has 1 aliphatic carbocycles. The largest absolute Gasteiger partial charge is 0.335 e. The molecule has 1 saturated carbocycles. The Kier molecular flexibility index (Phi) is 3.33. The Balaban J connectivity index is 2.08. The maximum absolute atomic E-state index is 6.51. The number of hydrogen-bond donors (Lipinski definition) is 1. The van der Waals surface area contributed by atoms with Crippen molar-refractivity contribution in [2.24, 2.45) is 11.7 Å². The van der Waals surface area contributed by atoms with Gasteiger partial charge in [0.15, 0.2) is 0 Å². The Hall–Kier alpha value is -0.830. The molecule has 0 spiro atoms. The van der Waals surface area contributed by atoms with E-state index in [9.17, 15) is 0 Å². The molecule has 0 amide bonds. The summed E-state index contributed by atoms with van der Waals surface area (Å²) < 4.78 is 2.20. The van der Waals surface area contributed by atoms with Crippen LogP contribution in [0.3, 0.4) is 0 Å². The highest BCUT2D eigenvalue weighted by Gasteiger charge is 2.32. The average Bonchev–Trinajstić information content (AvgIpc) is 2.63.